The minimum absolute atomic E-state index is 0.125. The minimum atomic E-state index is -3.63. The molecule has 27 heavy (non-hydrogen) atoms. The molecule has 0 aliphatic carbocycles. The number of hydrogen-bond acceptors (Lipinski definition) is 4. The van der Waals surface area contributed by atoms with E-state index in [9.17, 15) is 13.2 Å². The first-order valence-electron chi connectivity index (χ1n) is 9.26. The lowest BCUT2D eigenvalue weighted by atomic mass is 10.00. The standard InChI is InChI=1S/C20H26N2O3S2/c1-14-7-8-15(2)17(13-14)16(3)21-20(23)19-18(9-12-26-19)27(24,25)22-10-5-4-6-11-22/h7-9,12-13,16H,4-6,10-11H2,1-3H3,(H,21,23). The van der Waals surface area contributed by atoms with E-state index < -0.39 is 10.0 Å². The van der Waals surface area contributed by atoms with E-state index in [0.717, 1.165) is 36.0 Å². The topological polar surface area (TPSA) is 66.5 Å². The second kappa shape index (κ2) is 8.12. The van der Waals surface area contributed by atoms with Gasteiger partial charge in [0.1, 0.15) is 9.77 Å². The lowest BCUT2D eigenvalue weighted by Crippen LogP contribution is -2.36. The normalized spacial score (nSPS) is 16.9. The summed E-state index contributed by atoms with van der Waals surface area (Å²) in [6, 6.07) is 7.47. The van der Waals surface area contributed by atoms with Crippen LogP contribution in [-0.2, 0) is 10.0 Å². The number of aryl methyl sites for hydroxylation is 2. The minimum Gasteiger partial charge on any atom is -0.345 e. The Morgan fingerprint density at radius 3 is 2.56 bits per heavy atom. The summed E-state index contributed by atoms with van der Waals surface area (Å²) < 4.78 is 27.5. The fraction of sp³-hybridized carbons (Fsp3) is 0.450. The maximum atomic E-state index is 13.0. The molecule has 3 rings (SSSR count). The summed E-state index contributed by atoms with van der Waals surface area (Å²) in [5.74, 6) is -0.339. The van der Waals surface area contributed by atoms with Crippen LogP contribution < -0.4 is 5.32 Å². The predicted octanol–water partition coefficient (Wildman–Crippen LogP) is 4.03. The van der Waals surface area contributed by atoms with Crippen molar-refractivity contribution in [1.82, 2.24) is 9.62 Å². The van der Waals surface area contributed by atoms with Gasteiger partial charge in [-0.15, -0.1) is 11.3 Å². The van der Waals surface area contributed by atoms with Crippen LogP contribution in [0.4, 0.5) is 0 Å². The van der Waals surface area contributed by atoms with Crippen molar-refractivity contribution in [2.45, 2.75) is 51.0 Å². The number of nitrogens with one attached hydrogen (secondary N) is 1. The quantitative estimate of drug-likeness (QED) is 0.815. The zero-order chi connectivity index (χ0) is 19.6. The number of sulfonamides is 1. The van der Waals surface area contributed by atoms with E-state index in [1.54, 1.807) is 11.4 Å². The number of carbonyl (C=O) groups is 1. The van der Waals surface area contributed by atoms with Gasteiger partial charge in [-0.3, -0.25) is 4.79 Å². The Kier molecular flexibility index (Phi) is 6.03. The Morgan fingerprint density at radius 1 is 1.15 bits per heavy atom. The third kappa shape index (κ3) is 4.25. The molecule has 0 spiro atoms. The maximum absolute atomic E-state index is 13.0. The molecule has 0 bridgehead atoms. The van der Waals surface area contributed by atoms with Crippen LogP contribution in [0.2, 0.25) is 0 Å². The third-order valence-corrected chi connectivity index (χ3v) is 8.00. The molecule has 0 saturated carbocycles. The first kappa shape index (κ1) is 20.0. The van der Waals surface area contributed by atoms with Gasteiger partial charge >= 0.3 is 0 Å². The van der Waals surface area contributed by atoms with Crippen LogP contribution in [0.25, 0.3) is 0 Å². The summed E-state index contributed by atoms with van der Waals surface area (Å²) in [6.45, 7) is 7.00. The summed E-state index contributed by atoms with van der Waals surface area (Å²) in [4.78, 5) is 13.2. The number of piperidine rings is 1. The average molecular weight is 407 g/mol. The lowest BCUT2D eigenvalue weighted by Gasteiger charge is -2.26. The molecule has 2 aromatic rings. The molecular formula is C20H26N2O3S2. The van der Waals surface area contributed by atoms with Gasteiger partial charge in [0.05, 0.1) is 6.04 Å². The highest BCUT2D eigenvalue weighted by atomic mass is 32.2. The summed E-state index contributed by atoms with van der Waals surface area (Å²) in [5.41, 5.74) is 3.27. The van der Waals surface area contributed by atoms with E-state index in [1.807, 2.05) is 32.9 Å². The van der Waals surface area contributed by atoms with E-state index in [0.29, 0.717) is 13.1 Å². The zero-order valence-corrected chi connectivity index (χ0v) is 17.6. The van der Waals surface area contributed by atoms with Crippen LogP contribution in [0, 0.1) is 13.8 Å². The Labute approximate surface area is 165 Å². The molecule has 1 aromatic carbocycles. The van der Waals surface area contributed by atoms with Crippen LogP contribution in [0.15, 0.2) is 34.5 Å². The SMILES string of the molecule is Cc1ccc(C)c(C(C)NC(=O)c2sccc2S(=O)(=O)N2CCCCC2)c1. The molecule has 1 aliphatic rings. The number of hydrogen-bond donors (Lipinski definition) is 1. The van der Waals surface area contributed by atoms with Gasteiger partial charge in [0.25, 0.3) is 5.91 Å². The molecule has 1 atom stereocenters. The number of nitrogens with zero attached hydrogens (tertiary/aromatic N) is 1. The monoisotopic (exact) mass is 406 g/mol. The Balaban J connectivity index is 1.82. The number of rotatable bonds is 5. The Morgan fingerprint density at radius 2 is 1.85 bits per heavy atom. The first-order chi connectivity index (χ1) is 12.8. The lowest BCUT2D eigenvalue weighted by molar-refractivity contribution is 0.0940. The van der Waals surface area contributed by atoms with Crippen molar-refractivity contribution < 1.29 is 13.2 Å². The smallest absolute Gasteiger partial charge is 0.263 e. The van der Waals surface area contributed by atoms with Crippen molar-refractivity contribution in [1.29, 1.82) is 0 Å². The number of carbonyl (C=O) groups excluding carboxylic acids is 1. The predicted molar refractivity (Wildman–Crippen MR) is 109 cm³/mol. The molecule has 146 valence electrons. The molecule has 7 heteroatoms. The van der Waals surface area contributed by atoms with Gasteiger partial charge in [-0.1, -0.05) is 30.2 Å². The van der Waals surface area contributed by atoms with Gasteiger partial charge in [-0.05, 0) is 56.2 Å². The number of benzene rings is 1. The molecule has 2 heterocycles. The van der Waals surface area contributed by atoms with Crippen molar-refractivity contribution in [3.8, 4) is 0 Å². The van der Waals surface area contributed by atoms with Crippen LogP contribution >= 0.6 is 11.3 Å². The zero-order valence-electron chi connectivity index (χ0n) is 16.0. The molecule has 1 aromatic heterocycles. The van der Waals surface area contributed by atoms with Gasteiger partial charge in [0.15, 0.2) is 0 Å². The van der Waals surface area contributed by atoms with Gasteiger partial charge in [-0.25, -0.2) is 8.42 Å². The van der Waals surface area contributed by atoms with E-state index in [1.165, 1.54) is 15.6 Å². The van der Waals surface area contributed by atoms with Gasteiger partial charge in [0.2, 0.25) is 10.0 Å². The van der Waals surface area contributed by atoms with Gasteiger partial charge in [-0.2, -0.15) is 4.31 Å². The molecule has 1 fully saturated rings. The second-order valence-corrected chi connectivity index (χ2v) is 9.96. The highest BCUT2D eigenvalue weighted by Crippen LogP contribution is 2.28. The third-order valence-electron chi connectivity index (χ3n) is 5.02. The van der Waals surface area contributed by atoms with E-state index >= 15 is 0 Å². The summed E-state index contributed by atoms with van der Waals surface area (Å²) in [7, 11) is -3.63. The molecule has 1 N–H and O–H groups in total. The molecule has 1 amide bonds. The number of thiophene rings is 1. The molecule has 1 saturated heterocycles. The molecule has 1 unspecified atom stereocenters. The largest absolute Gasteiger partial charge is 0.345 e. The maximum Gasteiger partial charge on any atom is 0.263 e. The summed E-state index contributed by atoms with van der Waals surface area (Å²) in [5, 5.41) is 4.65. The van der Waals surface area contributed by atoms with Crippen LogP contribution in [0.1, 0.15) is 58.6 Å². The van der Waals surface area contributed by atoms with E-state index in [2.05, 4.69) is 11.4 Å². The van der Waals surface area contributed by atoms with Crippen LogP contribution in [0.3, 0.4) is 0 Å². The summed E-state index contributed by atoms with van der Waals surface area (Å²) in [6.07, 6.45) is 2.79. The Hall–Kier alpha value is -1.70. The Bertz CT molecular complexity index is 928. The first-order valence-corrected chi connectivity index (χ1v) is 11.6. The van der Waals surface area contributed by atoms with Gasteiger partial charge < -0.3 is 5.32 Å². The van der Waals surface area contributed by atoms with Crippen molar-refractivity contribution in [2.75, 3.05) is 13.1 Å². The average Bonchev–Trinajstić information content (AvgIpc) is 3.15. The van der Waals surface area contributed by atoms with Crippen molar-refractivity contribution in [3.05, 3.63) is 51.2 Å². The molecule has 1 aliphatic heterocycles. The highest BCUT2D eigenvalue weighted by molar-refractivity contribution is 7.89. The molecule has 0 radical (unpaired) electrons. The molecule has 5 nitrogen and oxygen atoms in total. The second-order valence-electron chi connectivity index (χ2n) is 7.13. The summed E-state index contributed by atoms with van der Waals surface area (Å²) >= 11 is 1.18. The van der Waals surface area contributed by atoms with Crippen molar-refractivity contribution in [3.63, 3.8) is 0 Å². The highest BCUT2D eigenvalue weighted by Gasteiger charge is 2.31. The fourth-order valence-electron chi connectivity index (χ4n) is 3.48. The van der Waals surface area contributed by atoms with Crippen molar-refractivity contribution >= 4 is 27.3 Å². The number of amides is 1. The van der Waals surface area contributed by atoms with Gasteiger partial charge in [0, 0.05) is 13.1 Å². The van der Waals surface area contributed by atoms with E-state index in [4.69, 9.17) is 0 Å². The van der Waals surface area contributed by atoms with Crippen molar-refractivity contribution in [2.24, 2.45) is 0 Å². The van der Waals surface area contributed by atoms with Crippen LogP contribution in [0.5, 0.6) is 0 Å². The van der Waals surface area contributed by atoms with Crippen LogP contribution in [-0.4, -0.2) is 31.7 Å². The van der Waals surface area contributed by atoms with E-state index in [-0.39, 0.29) is 21.7 Å². The fourth-order valence-corrected chi connectivity index (χ4v) is 6.30. The molecular weight excluding hydrogens is 380 g/mol.